The molecule has 0 fully saturated rings. The highest BCUT2D eigenvalue weighted by Gasteiger charge is 2.38. The number of nitrogens with zero attached hydrogens (tertiary/aromatic N) is 2. The molecule has 0 aliphatic rings. The predicted octanol–water partition coefficient (Wildman–Crippen LogP) is 4.99. The maximum Gasteiger partial charge on any atom is 0.433 e. The van der Waals surface area contributed by atoms with Crippen molar-refractivity contribution in [2.75, 3.05) is 5.32 Å². The van der Waals surface area contributed by atoms with Crippen molar-refractivity contribution in [3.05, 3.63) is 75.7 Å². The monoisotopic (exact) mass is 446 g/mol. The molecule has 4 rings (SSSR count). The van der Waals surface area contributed by atoms with Gasteiger partial charge in [-0.3, -0.25) is 14.7 Å². The molecule has 0 unspecified atom stereocenters. The van der Waals surface area contributed by atoms with E-state index in [1.165, 1.54) is 31.2 Å². The number of hydrogen-bond acceptors (Lipinski definition) is 3. The summed E-state index contributed by atoms with van der Waals surface area (Å²) in [6.07, 6.45) is -4.74. The van der Waals surface area contributed by atoms with Gasteiger partial charge in [0.2, 0.25) is 5.91 Å². The first-order chi connectivity index (χ1) is 14.6. The van der Waals surface area contributed by atoms with Crippen LogP contribution in [0.5, 0.6) is 0 Å². The average Bonchev–Trinajstić information content (AvgIpc) is 3.09. The molecule has 0 aliphatic carbocycles. The van der Waals surface area contributed by atoms with Gasteiger partial charge in [0.25, 0.3) is 5.56 Å². The van der Waals surface area contributed by atoms with Gasteiger partial charge in [-0.15, -0.1) is 0 Å². The number of halogens is 4. The molecule has 1 amide bonds. The van der Waals surface area contributed by atoms with Crippen molar-refractivity contribution in [1.82, 2.24) is 14.6 Å². The van der Waals surface area contributed by atoms with E-state index in [0.717, 1.165) is 10.6 Å². The van der Waals surface area contributed by atoms with E-state index >= 15 is 0 Å². The molecule has 2 N–H and O–H groups in total. The zero-order chi connectivity index (χ0) is 22.3. The largest absolute Gasteiger partial charge is 0.433 e. The van der Waals surface area contributed by atoms with Gasteiger partial charge in [0, 0.05) is 29.3 Å². The molecule has 2 heterocycles. The maximum atomic E-state index is 13.7. The smallest absolute Gasteiger partial charge is 0.326 e. The third-order valence-electron chi connectivity index (χ3n) is 4.53. The van der Waals surface area contributed by atoms with Gasteiger partial charge < -0.3 is 5.32 Å². The molecule has 0 radical (unpaired) electrons. The molecule has 10 heteroatoms. The third kappa shape index (κ3) is 4.04. The predicted molar refractivity (Wildman–Crippen MR) is 111 cm³/mol. The molecule has 2 aromatic heterocycles. The lowest BCUT2D eigenvalue weighted by atomic mass is 10.1. The Morgan fingerprint density at radius 3 is 2.26 bits per heavy atom. The van der Waals surface area contributed by atoms with E-state index in [2.05, 4.69) is 15.4 Å². The Morgan fingerprint density at radius 2 is 1.68 bits per heavy atom. The van der Waals surface area contributed by atoms with Gasteiger partial charge in [0.05, 0.1) is 11.3 Å². The Hall–Kier alpha value is -3.59. The van der Waals surface area contributed by atoms with Crippen LogP contribution in [-0.2, 0) is 11.0 Å². The summed E-state index contributed by atoms with van der Waals surface area (Å²) >= 11 is 5.87. The lowest BCUT2D eigenvalue weighted by Gasteiger charge is -2.08. The van der Waals surface area contributed by atoms with Crippen LogP contribution < -0.4 is 10.9 Å². The van der Waals surface area contributed by atoms with E-state index in [4.69, 9.17) is 11.6 Å². The number of benzene rings is 2. The van der Waals surface area contributed by atoms with Gasteiger partial charge in [0.15, 0.2) is 5.65 Å². The summed E-state index contributed by atoms with van der Waals surface area (Å²) < 4.78 is 41.9. The zero-order valence-electron chi connectivity index (χ0n) is 15.9. The van der Waals surface area contributed by atoms with Crippen LogP contribution in [0.4, 0.5) is 18.9 Å². The summed E-state index contributed by atoms with van der Waals surface area (Å²) in [7, 11) is 0. The van der Waals surface area contributed by atoms with E-state index in [1.807, 2.05) is 0 Å². The summed E-state index contributed by atoms with van der Waals surface area (Å²) in [5, 5.41) is 5.11. The van der Waals surface area contributed by atoms with Crippen molar-refractivity contribution >= 4 is 28.8 Å². The number of anilines is 1. The Labute approximate surface area is 178 Å². The van der Waals surface area contributed by atoms with Crippen LogP contribution in [0, 0.1) is 0 Å². The average molecular weight is 447 g/mol. The van der Waals surface area contributed by atoms with Gasteiger partial charge in [0.1, 0.15) is 5.69 Å². The topological polar surface area (TPSA) is 79.3 Å². The number of amides is 1. The molecule has 0 spiro atoms. The molecule has 0 bridgehead atoms. The number of carbonyl (C=O) groups is 1. The fourth-order valence-electron chi connectivity index (χ4n) is 3.21. The van der Waals surface area contributed by atoms with Crippen molar-refractivity contribution in [2.45, 2.75) is 13.1 Å². The molecule has 158 valence electrons. The number of hydrogen-bond donors (Lipinski definition) is 2. The third-order valence-corrected chi connectivity index (χ3v) is 4.79. The summed E-state index contributed by atoms with van der Waals surface area (Å²) in [4.78, 5) is 28.1. The second-order valence-electron chi connectivity index (χ2n) is 6.76. The molecule has 0 atom stereocenters. The Morgan fingerprint density at radius 1 is 1.06 bits per heavy atom. The fraction of sp³-hybridized carbons (Fsp3) is 0.0952. The van der Waals surface area contributed by atoms with E-state index < -0.39 is 17.4 Å². The minimum Gasteiger partial charge on any atom is -0.326 e. The highest BCUT2D eigenvalue weighted by molar-refractivity contribution is 6.30. The van der Waals surface area contributed by atoms with Crippen molar-refractivity contribution in [3.63, 3.8) is 0 Å². The summed E-state index contributed by atoms with van der Waals surface area (Å²) in [6.45, 7) is 1.37. The first-order valence-corrected chi connectivity index (χ1v) is 9.38. The fourth-order valence-corrected chi connectivity index (χ4v) is 3.33. The number of fused-ring (bicyclic) bond motifs is 1. The van der Waals surface area contributed by atoms with Gasteiger partial charge >= 0.3 is 6.18 Å². The van der Waals surface area contributed by atoms with Crippen LogP contribution in [0.2, 0.25) is 5.02 Å². The first-order valence-electron chi connectivity index (χ1n) is 9.00. The molecule has 2 aromatic carbocycles. The Kier molecular flexibility index (Phi) is 5.06. The SMILES string of the molecule is CC(=O)Nc1ccc(-c2cc(=O)n3[nH]c(C(F)(F)F)c(-c4ccc(Cl)cc4)c3n2)cc1. The number of rotatable bonds is 3. The molecule has 0 saturated heterocycles. The Bertz CT molecular complexity index is 1340. The lowest BCUT2D eigenvalue weighted by molar-refractivity contribution is -0.140. The normalized spacial score (nSPS) is 11.6. The van der Waals surface area contributed by atoms with Crippen LogP contribution in [0.3, 0.4) is 0 Å². The number of nitrogens with one attached hydrogen (secondary N) is 2. The van der Waals surface area contributed by atoms with Crippen LogP contribution in [0.15, 0.2) is 59.4 Å². The molecule has 0 aliphatic heterocycles. The molecule has 4 aromatic rings. The van der Waals surface area contributed by atoms with Crippen LogP contribution in [-0.4, -0.2) is 20.5 Å². The summed E-state index contributed by atoms with van der Waals surface area (Å²) in [5.41, 5.74) is -0.749. The molecular formula is C21H14ClF3N4O2. The van der Waals surface area contributed by atoms with Crippen molar-refractivity contribution in [3.8, 4) is 22.4 Å². The van der Waals surface area contributed by atoms with E-state index in [-0.39, 0.29) is 28.4 Å². The molecular weight excluding hydrogens is 433 g/mol. The second kappa shape index (κ2) is 7.59. The standard InChI is InChI=1S/C21H14ClF3N4O2/c1-11(30)26-15-8-4-12(5-9-15)16-10-17(31)29-20(27-16)18(19(28-29)21(23,24)25)13-2-6-14(22)7-3-13/h2-10,28H,1H3,(H,26,30). The zero-order valence-corrected chi connectivity index (χ0v) is 16.7. The first kappa shape index (κ1) is 20.7. The lowest BCUT2D eigenvalue weighted by Crippen LogP contribution is -2.15. The van der Waals surface area contributed by atoms with Gasteiger partial charge in [-0.05, 0) is 29.8 Å². The van der Waals surface area contributed by atoms with Crippen molar-refractivity contribution in [1.29, 1.82) is 0 Å². The quantitative estimate of drug-likeness (QED) is 0.465. The number of carbonyl (C=O) groups excluding carboxylic acids is 1. The van der Waals surface area contributed by atoms with Crippen LogP contribution in [0.25, 0.3) is 28.0 Å². The maximum absolute atomic E-state index is 13.7. The van der Waals surface area contributed by atoms with E-state index in [9.17, 15) is 22.8 Å². The van der Waals surface area contributed by atoms with E-state index in [0.29, 0.717) is 16.3 Å². The highest BCUT2D eigenvalue weighted by Crippen LogP contribution is 2.38. The van der Waals surface area contributed by atoms with Gasteiger partial charge in [-0.1, -0.05) is 35.9 Å². The van der Waals surface area contributed by atoms with E-state index in [1.54, 1.807) is 24.3 Å². The summed E-state index contributed by atoms with van der Waals surface area (Å²) in [6, 6.07) is 13.4. The van der Waals surface area contributed by atoms with Gasteiger partial charge in [-0.2, -0.15) is 13.2 Å². The molecule has 0 saturated carbocycles. The number of H-pyrrole nitrogens is 1. The van der Waals surface area contributed by atoms with Crippen LogP contribution >= 0.6 is 11.6 Å². The number of alkyl halides is 3. The molecule has 6 nitrogen and oxygen atoms in total. The number of aromatic amines is 1. The Balaban J connectivity index is 1.93. The van der Waals surface area contributed by atoms with Crippen molar-refractivity contribution in [2.24, 2.45) is 0 Å². The highest BCUT2D eigenvalue weighted by atomic mass is 35.5. The van der Waals surface area contributed by atoms with Crippen LogP contribution in [0.1, 0.15) is 12.6 Å². The summed E-state index contributed by atoms with van der Waals surface area (Å²) in [5.74, 6) is -0.245. The minimum atomic E-state index is -4.74. The minimum absolute atomic E-state index is 0.164. The number of aromatic nitrogens is 3. The molecule has 31 heavy (non-hydrogen) atoms. The van der Waals surface area contributed by atoms with Crippen molar-refractivity contribution < 1.29 is 18.0 Å². The van der Waals surface area contributed by atoms with Gasteiger partial charge in [-0.25, -0.2) is 9.50 Å². The second-order valence-corrected chi connectivity index (χ2v) is 7.20.